The van der Waals surface area contributed by atoms with Gasteiger partial charge in [0.1, 0.15) is 17.6 Å². The number of rotatable bonds is 3. The third-order valence-electron chi connectivity index (χ3n) is 2.46. The van der Waals surface area contributed by atoms with Crippen LogP contribution in [0.1, 0.15) is 18.0 Å². The molecule has 0 saturated heterocycles. The first-order valence-corrected chi connectivity index (χ1v) is 5.75. The van der Waals surface area contributed by atoms with E-state index < -0.39 is 0 Å². The van der Waals surface area contributed by atoms with Crippen molar-refractivity contribution in [3.8, 4) is 0 Å². The Bertz CT molecular complexity index is 422. The van der Waals surface area contributed by atoms with Crippen LogP contribution in [0.4, 0.5) is 4.39 Å². The maximum absolute atomic E-state index is 13.4. The van der Waals surface area contributed by atoms with Gasteiger partial charge < -0.3 is 4.74 Å². The maximum Gasteiger partial charge on any atom is 0.137 e. The number of hydrogen-bond donors (Lipinski definition) is 2. The standard InChI is InChI=1S/C11H12BrFN2O/c12-8-4-3-7(6-9(8)13)11(15-14)10-2-1-5-16-10/h2-4,6,11,15H,1,5,14H2. The Hall–Kier alpha value is -0.910. The highest BCUT2D eigenvalue weighted by atomic mass is 79.9. The fourth-order valence-corrected chi connectivity index (χ4v) is 1.92. The Balaban J connectivity index is 2.29. The van der Waals surface area contributed by atoms with Crippen LogP contribution in [0.5, 0.6) is 0 Å². The first-order valence-electron chi connectivity index (χ1n) is 4.96. The summed E-state index contributed by atoms with van der Waals surface area (Å²) in [6.07, 6.45) is 2.83. The third kappa shape index (κ3) is 2.26. The van der Waals surface area contributed by atoms with E-state index in [0.717, 1.165) is 17.7 Å². The summed E-state index contributed by atoms with van der Waals surface area (Å²) < 4.78 is 19.2. The van der Waals surface area contributed by atoms with Crippen LogP contribution >= 0.6 is 15.9 Å². The van der Waals surface area contributed by atoms with Crippen LogP contribution in [-0.4, -0.2) is 6.61 Å². The summed E-state index contributed by atoms with van der Waals surface area (Å²) in [5.41, 5.74) is 3.38. The van der Waals surface area contributed by atoms with Crippen molar-refractivity contribution < 1.29 is 9.13 Å². The molecule has 0 saturated carbocycles. The molecule has 86 valence electrons. The SMILES string of the molecule is NNC(C1=CCCO1)c1ccc(Br)c(F)c1. The fourth-order valence-electron chi connectivity index (χ4n) is 1.67. The summed E-state index contributed by atoms with van der Waals surface area (Å²) in [5.74, 6) is 5.91. The van der Waals surface area contributed by atoms with Gasteiger partial charge in [0.25, 0.3) is 0 Å². The smallest absolute Gasteiger partial charge is 0.137 e. The largest absolute Gasteiger partial charge is 0.496 e. The van der Waals surface area contributed by atoms with Gasteiger partial charge in [-0.05, 0) is 39.7 Å². The summed E-state index contributed by atoms with van der Waals surface area (Å²) >= 11 is 3.11. The lowest BCUT2D eigenvalue weighted by Crippen LogP contribution is -2.29. The molecule has 0 bridgehead atoms. The second-order valence-electron chi connectivity index (χ2n) is 3.52. The molecule has 5 heteroatoms. The molecule has 1 heterocycles. The first kappa shape index (κ1) is 11.6. The van der Waals surface area contributed by atoms with Gasteiger partial charge in [0.2, 0.25) is 0 Å². The number of benzene rings is 1. The van der Waals surface area contributed by atoms with Crippen LogP contribution in [0.3, 0.4) is 0 Å². The van der Waals surface area contributed by atoms with Gasteiger partial charge in [-0.15, -0.1) is 0 Å². The predicted molar refractivity (Wildman–Crippen MR) is 62.8 cm³/mol. The van der Waals surface area contributed by atoms with Crippen LogP contribution in [0, 0.1) is 5.82 Å². The lowest BCUT2D eigenvalue weighted by Gasteiger charge is -2.17. The average Bonchev–Trinajstić information content (AvgIpc) is 2.78. The Labute approximate surface area is 102 Å². The highest BCUT2D eigenvalue weighted by Crippen LogP contribution is 2.28. The molecule has 3 N–H and O–H groups in total. The minimum Gasteiger partial charge on any atom is -0.496 e. The summed E-state index contributed by atoms with van der Waals surface area (Å²) in [4.78, 5) is 0. The normalized spacial score (nSPS) is 16.8. The topological polar surface area (TPSA) is 47.3 Å². The highest BCUT2D eigenvalue weighted by Gasteiger charge is 2.20. The summed E-state index contributed by atoms with van der Waals surface area (Å²) in [6.45, 7) is 0.659. The molecule has 3 nitrogen and oxygen atoms in total. The molecule has 0 fully saturated rings. The van der Waals surface area contributed by atoms with Gasteiger partial charge in [-0.1, -0.05) is 6.07 Å². The molecule has 1 unspecified atom stereocenters. The number of nitrogens with two attached hydrogens (primary N) is 1. The molecular formula is C11H12BrFN2O. The molecule has 1 aliphatic heterocycles. The van der Waals surface area contributed by atoms with E-state index in [1.54, 1.807) is 12.1 Å². The van der Waals surface area contributed by atoms with E-state index in [2.05, 4.69) is 21.4 Å². The Morgan fingerprint density at radius 1 is 1.50 bits per heavy atom. The molecular weight excluding hydrogens is 275 g/mol. The Morgan fingerprint density at radius 2 is 2.31 bits per heavy atom. The summed E-state index contributed by atoms with van der Waals surface area (Å²) in [7, 11) is 0. The van der Waals surface area contributed by atoms with E-state index in [4.69, 9.17) is 10.6 Å². The molecule has 1 aromatic carbocycles. The minimum atomic E-state index is -0.309. The van der Waals surface area contributed by atoms with Gasteiger partial charge in [-0.2, -0.15) is 0 Å². The van der Waals surface area contributed by atoms with Gasteiger partial charge in [0, 0.05) is 6.42 Å². The molecule has 0 aromatic heterocycles. The zero-order valence-electron chi connectivity index (χ0n) is 8.54. The molecule has 1 atom stereocenters. The molecule has 2 rings (SSSR count). The molecule has 1 aliphatic rings. The van der Waals surface area contributed by atoms with E-state index in [1.165, 1.54) is 6.07 Å². The van der Waals surface area contributed by atoms with Gasteiger partial charge in [-0.25, -0.2) is 9.82 Å². The maximum atomic E-state index is 13.4. The van der Waals surface area contributed by atoms with Crippen molar-refractivity contribution in [1.29, 1.82) is 0 Å². The summed E-state index contributed by atoms with van der Waals surface area (Å²) in [6, 6.07) is 4.62. The number of hydrogen-bond acceptors (Lipinski definition) is 3. The Morgan fingerprint density at radius 3 is 2.88 bits per heavy atom. The highest BCUT2D eigenvalue weighted by molar-refractivity contribution is 9.10. The molecule has 0 radical (unpaired) electrons. The van der Waals surface area contributed by atoms with Crippen molar-refractivity contribution >= 4 is 15.9 Å². The number of halogens is 2. The first-order chi connectivity index (χ1) is 7.72. The van der Waals surface area contributed by atoms with Gasteiger partial charge in [0.05, 0.1) is 11.1 Å². The lowest BCUT2D eigenvalue weighted by molar-refractivity contribution is 0.215. The van der Waals surface area contributed by atoms with Gasteiger partial charge in [0.15, 0.2) is 0 Å². The van der Waals surface area contributed by atoms with Crippen molar-refractivity contribution in [3.63, 3.8) is 0 Å². The second-order valence-corrected chi connectivity index (χ2v) is 4.37. The second kappa shape index (κ2) is 4.95. The van der Waals surface area contributed by atoms with Crippen molar-refractivity contribution in [2.24, 2.45) is 5.84 Å². The molecule has 16 heavy (non-hydrogen) atoms. The van der Waals surface area contributed by atoms with Gasteiger partial charge >= 0.3 is 0 Å². The van der Waals surface area contributed by atoms with E-state index in [9.17, 15) is 4.39 Å². The zero-order valence-corrected chi connectivity index (χ0v) is 10.1. The molecule has 0 spiro atoms. The number of hydrazine groups is 1. The zero-order chi connectivity index (χ0) is 11.5. The van der Waals surface area contributed by atoms with Crippen LogP contribution in [0.15, 0.2) is 34.5 Å². The van der Waals surface area contributed by atoms with Crippen LogP contribution in [0.25, 0.3) is 0 Å². The number of nitrogens with one attached hydrogen (secondary N) is 1. The summed E-state index contributed by atoms with van der Waals surface area (Å²) in [5, 5.41) is 0. The quantitative estimate of drug-likeness (QED) is 0.663. The molecule has 0 amide bonds. The molecule has 1 aromatic rings. The monoisotopic (exact) mass is 286 g/mol. The van der Waals surface area contributed by atoms with E-state index >= 15 is 0 Å². The predicted octanol–water partition coefficient (Wildman–Crippen LogP) is 2.40. The van der Waals surface area contributed by atoms with Crippen LogP contribution in [-0.2, 0) is 4.74 Å². The third-order valence-corrected chi connectivity index (χ3v) is 3.10. The fraction of sp³-hybridized carbons (Fsp3) is 0.273. The van der Waals surface area contributed by atoms with E-state index in [-0.39, 0.29) is 11.9 Å². The molecule has 0 aliphatic carbocycles. The van der Waals surface area contributed by atoms with Crippen LogP contribution < -0.4 is 11.3 Å². The van der Waals surface area contributed by atoms with E-state index in [0.29, 0.717) is 11.1 Å². The van der Waals surface area contributed by atoms with Crippen LogP contribution in [0.2, 0.25) is 0 Å². The Kier molecular flexibility index (Phi) is 3.58. The lowest BCUT2D eigenvalue weighted by atomic mass is 10.1. The van der Waals surface area contributed by atoms with Crippen molar-refractivity contribution in [1.82, 2.24) is 5.43 Å². The van der Waals surface area contributed by atoms with Gasteiger partial charge in [-0.3, -0.25) is 5.84 Å². The van der Waals surface area contributed by atoms with E-state index in [1.807, 2.05) is 6.08 Å². The van der Waals surface area contributed by atoms with Crippen molar-refractivity contribution in [2.75, 3.05) is 6.61 Å². The number of ether oxygens (including phenoxy) is 1. The average molecular weight is 287 g/mol. The van der Waals surface area contributed by atoms with Crippen molar-refractivity contribution in [3.05, 3.63) is 45.9 Å². The minimum absolute atomic E-state index is 0.287. The van der Waals surface area contributed by atoms with Crippen molar-refractivity contribution in [2.45, 2.75) is 12.5 Å².